The topological polar surface area (TPSA) is 51.8 Å². The summed E-state index contributed by atoms with van der Waals surface area (Å²) in [5.41, 5.74) is 7.29. The molecule has 0 amide bonds. The van der Waals surface area contributed by atoms with Crippen LogP contribution in [-0.2, 0) is 6.42 Å². The molecule has 0 aliphatic rings. The van der Waals surface area contributed by atoms with Crippen molar-refractivity contribution < 1.29 is 0 Å². The molecule has 78 valence electrons. The van der Waals surface area contributed by atoms with Gasteiger partial charge in [0.2, 0.25) is 0 Å². The Morgan fingerprint density at radius 1 is 1.20 bits per heavy atom. The molecule has 0 spiro atoms. The minimum atomic E-state index is 0.610. The molecule has 0 fully saturated rings. The standard InChI is InChI=1S/C10H10BrN3S/c11-10-4-3-9(15-10)8-2-1-7(5-6-12)13-14-8/h1-4H,5-6,12H2. The summed E-state index contributed by atoms with van der Waals surface area (Å²) in [6, 6.07) is 8.00. The van der Waals surface area contributed by atoms with E-state index in [9.17, 15) is 0 Å². The van der Waals surface area contributed by atoms with Gasteiger partial charge in [-0.15, -0.1) is 16.4 Å². The smallest absolute Gasteiger partial charge is 0.103 e. The fourth-order valence-electron chi connectivity index (χ4n) is 1.22. The van der Waals surface area contributed by atoms with Crippen molar-refractivity contribution in [1.82, 2.24) is 10.2 Å². The first-order valence-corrected chi connectivity index (χ1v) is 6.19. The van der Waals surface area contributed by atoms with Crippen LogP contribution in [0.1, 0.15) is 5.69 Å². The quantitative estimate of drug-likeness (QED) is 0.942. The monoisotopic (exact) mass is 283 g/mol. The molecular formula is C10H10BrN3S. The Hall–Kier alpha value is -0.780. The van der Waals surface area contributed by atoms with Gasteiger partial charge in [-0.2, -0.15) is 5.10 Å². The molecule has 15 heavy (non-hydrogen) atoms. The van der Waals surface area contributed by atoms with Crippen molar-refractivity contribution in [3.8, 4) is 10.6 Å². The van der Waals surface area contributed by atoms with Crippen LogP contribution in [0.25, 0.3) is 10.6 Å². The summed E-state index contributed by atoms with van der Waals surface area (Å²) in [5.74, 6) is 0. The van der Waals surface area contributed by atoms with Crippen molar-refractivity contribution in [2.24, 2.45) is 5.73 Å². The third-order valence-corrected chi connectivity index (χ3v) is 3.59. The molecule has 0 unspecified atom stereocenters. The van der Waals surface area contributed by atoms with Crippen LogP contribution >= 0.6 is 27.3 Å². The third kappa shape index (κ3) is 2.62. The lowest BCUT2D eigenvalue weighted by atomic mass is 10.2. The zero-order valence-corrected chi connectivity index (χ0v) is 10.4. The minimum absolute atomic E-state index is 0.610. The first-order valence-electron chi connectivity index (χ1n) is 4.58. The van der Waals surface area contributed by atoms with E-state index in [-0.39, 0.29) is 0 Å². The Balaban J connectivity index is 2.23. The van der Waals surface area contributed by atoms with E-state index in [0.717, 1.165) is 26.5 Å². The summed E-state index contributed by atoms with van der Waals surface area (Å²) in [7, 11) is 0. The fraction of sp³-hybridized carbons (Fsp3) is 0.200. The maximum Gasteiger partial charge on any atom is 0.103 e. The molecule has 2 rings (SSSR count). The van der Waals surface area contributed by atoms with Crippen LogP contribution in [0, 0.1) is 0 Å². The van der Waals surface area contributed by atoms with Crippen LogP contribution in [0.15, 0.2) is 28.1 Å². The molecule has 0 aliphatic heterocycles. The van der Waals surface area contributed by atoms with Crippen LogP contribution in [0.5, 0.6) is 0 Å². The van der Waals surface area contributed by atoms with Crippen molar-refractivity contribution >= 4 is 27.3 Å². The summed E-state index contributed by atoms with van der Waals surface area (Å²) in [4.78, 5) is 1.12. The van der Waals surface area contributed by atoms with E-state index in [2.05, 4.69) is 26.1 Å². The molecule has 0 aliphatic carbocycles. The Morgan fingerprint density at radius 3 is 2.60 bits per heavy atom. The molecule has 0 bridgehead atoms. The number of nitrogens with two attached hydrogens (primary N) is 1. The first kappa shape index (κ1) is 10.7. The van der Waals surface area contributed by atoms with E-state index in [1.54, 1.807) is 11.3 Å². The van der Waals surface area contributed by atoms with Gasteiger partial charge in [-0.25, -0.2) is 0 Å². The Morgan fingerprint density at radius 2 is 2.07 bits per heavy atom. The van der Waals surface area contributed by atoms with Crippen molar-refractivity contribution in [1.29, 1.82) is 0 Å². The molecule has 2 heterocycles. The number of rotatable bonds is 3. The van der Waals surface area contributed by atoms with Crippen molar-refractivity contribution in [3.63, 3.8) is 0 Å². The van der Waals surface area contributed by atoms with Gasteiger partial charge in [0.15, 0.2) is 0 Å². The van der Waals surface area contributed by atoms with E-state index in [1.165, 1.54) is 0 Å². The number of hydrogen-bond acceptors (Lipinski definition) is 4. The summed E-state index contributed by atoms with van der Waals surface area (Å²) < 4.78 is 1.10. The summed E-state index contributed by atoms with van der Waals surface area (Å²) in [6.07, 6.45) is 0.779. The fourth-order valence-corrected chi connectivity index (χ4v) is 2.58. The molecule has 0 aromatic carbocycles. The van der Waals surface area contributed by atoms with Crippen LogP contribution in [0.4, 0.5) is 0 Å². The van der Waals surface area contributed by atoms with E-state index in [1.807, 2.05) is 24.3 Å². The largest absolute Gasteiger partial charge is 0.330 e. The molecule has 0 atom stereocenters. The highest BCUT2D eigenvalue weighted by Crippen LogP contribution is 2.29. The molecule has 2 aromatic rings. The second-order valence-electron chi connectivity index (χ2n) is 3.05. The van der Waals surface area contributed by atoms with E-state index in [4.69, 9.17) is 5.73 Å². The molecule has 2 N–H and O–H groups in total. The van der Waals surface area contributed by atoms with Crippen LogP contribution in [0.2, 0.25) is 0 Å². The molecule has 0 radical (unpaired) electrons. The maximum absolute atomic E-state index is 5.44. The molecule has 5 heteroatoms. The van der Waals surface area contributed by atoms with Gasteiger partial charge in [-0.3, -0.25) is 0 Å². The summed E-state index contributed by atoms with van der Waals surface area (Å²) >= 11 is 5.07. The zero-order valence-electron chi connectivity index (χ0n) is 7.98. The second-order valence-corrected chi connectivity index (χ2v) is 5.52. The number of thiophene rings is 1. The third-order valence-electron chi connectivity index (χ3n) is 1.95. The van der Waals surface area contributed by atoms with Gasteiger partial charge >= 0.3 is 0 Å². The van der Waals surface area contributed by atoms with Crippen molar-refractivity contribution in [3.05, 3.63) is 33.7 Å². The van der Waals surface area contributed by atoms with E-state index < -0.39 is 0 Å². The zero-order chi connectivity index (χ0) is 10.7. The average Bonchev–Trinajstić information content (AvgIpc) is 2.67. The van der Waals surface area contributed by atoms with Gasteiger partial charge < -0.3 is 5.73 Å². The maximum atomic E-state index is 5.44. The van der Waals surface area contributed by atoms with Gasteiger partial charge in [0.1, 0.15) is 5.69 Å². The predicted molar refractivity (Wildman–Crippen MR) is 65.8 cm³/mol. The first-order chi connectivity index (χ1) is 7.29. The SMILES string of the molecule is NCCc1ccc(-c2ccc(Br)s2)nn1. The van der Waals surface area contributed by atoms with E-state index in [0.29, 0.717) is 6.54 Å². The number of aromatic nitrogens is 2. The van der Waals surface area contributed by atoms with Gasteiger partial charge in [0.05, 0.1) is 14.4 Å². The second kappa shape index (κ2) is 4.83. The van der Waals surface area contributed by atoms with Gasteiger partial charge in [-0.05, 0) is 46.7 Å². The Kier molecular flexibility index (Phi) is 3.45. The highest BCUT2D eigenvalue weighted by Gasteiger charge is 2.03. The lowest BCUT2D eigenvalue weighted by molar-refractivity contribution is 0.870. The number of halogens is 1. The van der Waals surface area contributed by atoms with Crippen molar-refractivity contribution in [2.75, 3.05) is 6.54 Å². The minimum Gasteiger partial charge on any atom is -0.330 e. The van der Waals surface area contributed by atoms with Crippen LogP contribution < -0.4 is 5.73 Å². The molecule has 0 saturated carbocycles. The highest BCUT2D eigenvalue weighted by atomic mass is 79.9. The van der Waals surface area contributed by atoms with Gasteiger partial charge in [0, 0.05) is 6.42 Å². The number of hydrogen-bond donors (Lipinski definition) is 1. The molecule has 2 aromatic heterocycles. The van der Waals surface area contributed by atoms with Crippen LogP contribution in [0.3, 0.4) is 0 Å². The average molecular weight is 284 g/mol. The molecule has 0 saturated heterocycles. The van der Waals surface area contributed by atoms with Crippen LogP contribution in [-0.4, -0.2) is 16.7 Å². The van der Waals surface area contributed by atoms with Crippen molar-refractivity contribution in [2.45, 2.75) is 6.42 Å². The lowest BCUT2D eigenvalue weighted by Crippen LogP contribution is -2.05. The Labute approximate surface area is 100 Å². The normalized spacial score (nSPS) is 10.5. The molecule has 3 nitrogen and oxygen atoms in total. The summed E-state index contributed by atoms with van der Waals surface area (Å²) in [5, 5.41) is 8.28. The predicted octanol–water partition coefficient (Wildman–Crippen LogP) is 2.47. The van der Waals surface area contributed by atoms with Gasteiger partial charge in [-0.1, -0.05) is 0 Å². The van der Waals surface area contributed by atoms with Gasteiger partial charge in [0.25, 0.3) is 0 Å². The Bertz CT molecular complexity index is 438. The van der Waals surface area contributed by atoms with E-state index >= 15 is 0 Å². The summed E-state index contributed by atoms with van der Waals surface area (Å²) in [6.45, 7) is 0.610. The number of nitrogens with zero attached hydrogens (tertiary/aromatic N) is 2. The highest BCUT2D eigenvalue weighted by molar-refractivity contribution is 9.11. The molecular weight excluding hydrogens is 274 g/mol. The lowest BCUT2D eigenvalue weighted by Gasteiger charge is -1.98.